The van der Waals surface area contributed by atoms with Gasteiger partial charge in [-0.3, -0.25) is 0 Å². The molecule has 1 aliphatic carbocycles. The molecule has 1 saturated carbocycles. The van der Waals surface area contributed by atoms with Crippen molar-refractivity contribution in [3.05, 3.63) is 0 Å². The minimum atomic E-state index is 0.838. The Morgan fingerprint density at radius 2 is 1.50 bits per heavy atom. The van der Waals surface area contributed by atoms with Crippen molar-refractivity contribution in [3.63, 3.8) is 0 Å². The summed E-state index contributed by atoms with van der Waals surface area (Å²) in [6.07, 6.45) is 1.40. The Morgan fingerprint density at radius 3 is 1.94 bits per heavy atom. The Hall–Kier alpha value is -0.160. The molecule has 4 rings (SSSR count). The second-order valence-electron chi connectivity index (χ2n) is 7.03. The summed E-state index contributed by atoms with van der Waals surface area (Å²) in [5.74, 6) is 0.932. The fraction of sp³-hybridized carbons (Fsp3) is 1.00. The average molecular weight is 254 g/mol. The topological polar surface area (TPSA) is 38.0 Å². The van der Waals surface area contributed by atoms with Gasteiger partial charge in [0.1, 0.15) is 39.3 Å². The lowest BCUT2D eigenvalue weighted by Crippen LogP contribution is -2.76. The number of quaternary nitrogens is 2. The summed E-state index contributed by atoms with van der Waals surface area (Å²) < 4.78 is 2.71. The molecule has 0 radical (unpaired) electrons. The summed E-state index contributed by atoms with van der Waals surface area (Å²) in [5.41, 5.74) is 5.77. The maximum Gasteiger partial charge on any atom is 0.129 e. The summed E-state index contributed by atoms with van der Waals surface area (Å²) in [7, 11) is 0. The van der Waals surface area contributed by atoms with Gasteiger partial charge in [0.05, 0.1) is 13.1 Å². The van der Waals surface area contributed by atoms with Crippen LogP contribution in [0.5, 0.6) is 0 Å². The molecule has 104 valence electrons. The SMILES string of the molecule is CC1CC1NCC[N+]12CC[N+](CCN)(CC1)CC2. The zero-order valence-electron chi connectivity index (χ0n) is 11.9. The van der Waals surface area contributed by atoms with Crippen LogP contribution in [-0.4, -0.2) is 80.5 Å². The van der Waals surface area contributed by atoms with E-state index in [1.54, 1.807) is 0 Å². The van der Waals surface area contributed by atoms with Gasteiger partial charge < -0.3 is 20.0 Å². The van der Waals surface area contributed by atoms with E-state index in [1.165, 1.54) is 74.3 Å². The number of nitrogens with zero attached hydrogens (tertiary/aromatic N) is 2. The third kappa shape index (κ3) is 2.44. The molecular formula is C14H30N4+2. The number of nitrogens with one attached hydrogen (secondary N) is 1. The summed E-state index contributed by atoms with van der Waals surface area (Å²) in [4.78, 5) is 0. The minimum absolute atomic E-state index is 0.838. The lowest BCUT2D eigenvalue weighted by Gasteiger charge is -2.55. The number of nitrogens with two attached hydrogens (primary N) is 1. The van der Waals surface area contributed by atoms with Gasteiger partial charge in [-0.1, -0.05) is 6.92 Å². The van der Waals surface area contributed by atoms with E-state index in [1.807, 2.05) is 0 Å². The van der Waals surface area contributed by atoms with Crippen molar-refractivity contribution in [2.24, 2.45) is 11.7 Å². The van der Waals surface area contributed by atoms with Crippen molar-refractivity contribution >= 4 is 0 Å². The molecule has 3 N–H and O–H groups in total. The number of piperazine rings is 3. The minimum Gasteiger partial charge on any atom is -0.326 e. The Morgan fingerprint density at radius 1 is 1.00 bits per heavy atom. The summed E-state index contributed by atoms with van der Waals surface area (Å²) >= 11 is 0. The van der Waals surface area contributed by atoms with Crippen LogP contribution in [0.25, 0.3) is 0 Å². The molecule has 18 heavy (non-hydrogen) atoms. The van der Waals surface area contributed by atoms with Gasteiger partial charge in [0, 0.05) is 19.1 Å². The van der Waals surface area contributed by atoms with Crippen LogP contribution in [0.4, 0.5) is 0 Å². The predicted molar refractivity (Wildman–Crippen MR) is 74.1 cm³/mol. The van der Waals surface area contributed by atoms with Crippen LogP contribution in [0.3, 0.4) is 0 Å². The molecule has 0 aromatic heterocycles. The second kappa shape index (κ2) is 4.75. The molecule has 4 fully saturated rings. The van der Waals surface area contributed by atoms with Crippen molar-refractivity contribution in [1.29, 1.82) is 0 Å². The van der Waals surface area contributed by atoms with Gasteiger partial charge in [-0.2, -0.15) is 0 Å². The van der Waals surface area contributed by atoms with Crippen LogP contribution >= 0.6 is 0 Å². The Kier molecular flexibility index (Phi) is 3.39. The van der Waals surface area contributed by atoms with Gasteiger partial charge >= 0.3 is 0 Å². The van der Waals surface area contributed by atoms with Crippen LogP contribution < -0.4 is 11.1 Å². The third-order valence-corrected chi connectivity index (χ3v) is 5.85. The first-order valence-electron chi connectivity index (χ1n) is 7.81. The van der Waals surface area contributed by atoms with Crippen LogP contribution in [0, 0.1) is 5.92 Å². The van der Waals surface area contributed by atoms with Gasteiger partial charge in [-0.05, 0) is 12.3 Å². The first-order valence-corrected chi connectivity index (χ1v) is 7.81. The zero-order valence-corrected chi connectivity index (χ0v) is 11.9. The van der Waals surface area contributed by atoms with Gasteiger partial charge in [0.15, 0.2) is 0 Å². The molecule has 0 amide bonds. The van der Waals surface area contributed by atoms with Gasteiger partial charge in [-0.15, -0.1) is 0 Å². The molecule has 2 atom stereocenters. The summed E-state index contributed by atoms with van der Waals surface area (Å²) in [6, 6.07) is 0.838. The highest BCUT2D eigenvalue weighted by Crippen LogP contribution is 2.29. The van der Waals surface area contributed by atoms with E-state index in [0.717, 1.165) is 18.5 Å². The lowest BCUT2D eigenvalue weighted by atomic mass is 10.1. The Labute approximate surface area is 111 Å². The highest BCUT2D eigenvalue weighted by molar-refractivity contribution is 4.89. The van der Waals surface area contributed by atoms with E-state index in [2.05, 4.69) is 12.2 Å². The van der Waals surface area contributed by atoms with Crippen LogP contribution in [0.1, 0.15) is 13.3 Å². The lowest BCUT2D eigenvalue weighted by molar-refractivity contribution is -1.08. The molecule has 4 aliphatic rings. The number of hydrogen-bond donors (Lipinski definition) is 2. The van der Waals surface area contributed by atoms with E-state index >= 15 is 0 Å². The molecule has 4 heteroatoms. The molecule has 0 aromatic carbocycles. The molecule has 4 nitrogen and oxygen atoms in total. The van der Waals surface area contributed by atoms with Crippen molar-refractivity contribution in [3.8, 4) is 0 Å². The van der Waals surface area contributed by atoms with E-state index in [4.69, 9.17) is 5.73 Å². The fourth-order valence-corrected chi connectivity index (χ4v) is 3.98. The molecule has 3 heterocycles. The molecular weight excluding hydrogens is 224 g/mol. The van der Waals surface area contributed by atoms with Crippen molar-refractivity contribution in [2.45, 2.75) is 19.4 Å². The standard InChI is InChI=1S/C14H30N4/c1-13-12-14(13)16-3-5-18-9-6-17(4-2-15,7-10-18)8-11-18/h13-14,16H,2-12,15H2,1H3/q+2. The summed E-state index contributed by atoms with van der Waals surface area (Å²) in [5, 5.41) is 3.72. The smallest absolute Gasteiger partial charge is 0.129 e. The number of hydrogen-bond acceptors (Lipinski definition) is 2. The van der Waals surface area contributed by atoms with Gasteiger partial charge in [0.2, 0.25) is 0 Å². The van der Waals surface area contributed by atoms with Crippen LogP contribution in [0.2, 0.25) is 0 Å². The normalized spacial score (nSPS) is 46.3. The maximum atomic E-state index is 5.77. The molecule has 2 bridgehead atoms. The molecule has 0 spiro atoms. The molecule has 2 unspecified atom stereocenters. The Bertz CT molecular complexity index is 280. The Balaban J connectivity index is 1.46. The fourth-order valence-electron chi connectivity index (χ4n) is 3.98. The average Bonchev–Trinajstić information content (AvgIpc) is 3.08. The van der Waals surface area contributed by atoms with Crippen molar-refractivity contribution in [1.82, 2.24) is 5.32 Å². The number of rotatable bonds is 6. The zero-order chi connectivity index (χ0) is 12.6. The number of fused-ring (bicyclic) bond motifs is 3. The van der Waals surface area contributed by atoms with E-state index in [9.17, 15) is 0 Å². The third-order valence-electron chi connectivity index (χ3n) is 5.85. The van der Waals surface area contributed by atoms with Crippen molar-refractivity contribution < 1.29 is 8.97 Å². The largest absolute Gasteiger partial charge is 0.326 e. The van der Waals surface area contributed by atoms with Gasteiger partial charge in [-0.25, -0.2) is 0 Å². The van der Waals surface area contributed by atoms with E-state index in [0.29, 0.717) is 0 Å². The van der Waals surface area contributed by atoms with E-state index < -0.39 is 0 Å². The van der Waals surface area contributed by atoms with Crippen molar-refractivity contribution in [2.75, 3.05) is 65.4 Å². The van der Waals surface area contributed by atoms with Crippen LogP contribution in [-0.2, 0) is 0 Å². The molecule has 0 aromatic rings. The first kappa shape index (κ1) is 12.9. The maximum absolute atomic E-state index is 5.77. The summed E-state index contributed by atoms with van der Waals surface area (Å²) in [6.45, 7) is 15.3. The van der Waals surface area contributed by atoms with Crippen LogP contribution in [0.15, 0.2) is 0 Å². The van der Waals surface area contributed by atoms with Gasteiger partial charge in [0.25, 0.3) is 0 Å². The quantitative estimate of drug-likeness (QED) is 0.633. The monoisotopic (exact) mass is 254 g/mol. The molecule has 3 aliphatic heterocycles. The second-order valence-corrected chi connectivity index (χ2v) is 7.03. The van der Waals surface area contributed by atoms with E-state index in [-0.39, 0.29) is 0 Å². The molecule has 3 saturated heterocycles. The highest BCUT2D eigenvalue weighted by atomic mass is 15.5. The predicted octanol–water partition coefficient (Wildman–Crippen LogP) is -0.396. The highest BCUT2D eigenvalue weighted by Gasteiger charge is 2.48. The first-order chi connectivity index (χ1) is 8.67.